The van der Waals surface area contributed by atoms with Gasteiger partial charge in [-0.15, -0.1) is 0 Å². The normalized spacial score (nSPS) is 12.8. The summed E-state index contributed by atoms with van der Waals surface area (Å²) in [5.41, 5.74) is 2.01. The Hall–Kier alpha value is -1.15. The van der Waals surface area contributed by atoms with Gasteiger partial charge < -0.3 is 5.32 Å². The van der Waals surface area contributed by atoms with Crippen LogP contribution < -0.4 is 5.32 Å². The van der Waals surface area contributed by atoms with Crippen LogP contribution in [0.4, 0.5) is 0 Å². The van der Waals surface area contributed by atoms with Gasteiger partial charge in [0.1, 0.15) is 0 Å². The van der Waals surface area contributed by atoms with Crippen LogP contribution in [0.25, 0.3) is 0 Å². The fourth-order valence-corrected chi connectivity index (χ4v) is 1.78. The second kappa shape index (κ2) is 5.80. The van der Waals surface area contributed by atoms with E-state index < -0.39 is 0 Å². The van der Waals surface area contributed by atoms with Gasteiger partial charge in [0.05, 0.1) is 0 Å². The molecule has 1 N–H and O–H groups in total. The van der Waals surface area contributed by atoms with Gasteiger partial charge in [0.25, 0.3) is 0 Å². The van der Waals surface area contributed by atoms with Gasteiger partial charge in [-0.2, -0.15) is 0 Å². The minimum absolute atomic E-state index is 0.0627. The maximum atomic E-state index is 12.2. The molecule has 0 aliphatic heterocycles. The third-order valence-corrected chi connectivity index (χ3v) is 2.90. The van der Waals surface area contributed by atoms with Crippen LogP contribution in [-0.4, -0.2) is 19.4 Å². The Morgan fingerprint density at radius 2 is 1.81 bits per heavy atom. The first-order valence-corrected chi connectivity index (χ1v) is 5.81. The van der Waals surface area contributed by atoms with Crippen molar-refractivity contribution in [2.75, 3.05) is 13.6 Å². The average Bonchev–Trinajstić information content (AvgIpc) is 2.25. The van der Waals surface area contributed by atoms with Crippen LogP contribution in [0.3, 0.4) is 0 Å². The number of aryl methyl sites for hydroxylation is 1. The van der Waals surface area contributed by atoms with Crippen molar-refractivity contribution >= 4 is 5.78 Å². The fraction of sp³-hybridized carbons (Fsp3) is 0.500. The molecule has 0 radical (unpaired) electrons. The number of rotatable bonds is 5. The van der Waals surface area contributed by atoms with Gasteiger partial charge in [-0.05, 0) is 19.9 Å². The van der Waals surface area contributed by atoms with Crippen molar-refractivity contribution in [2.24, 2.45) is 11.8 Å². The predicted octanol–water partition coefficient (Wildman–Crippen LogP) is 2.67. The number of Topliss-reactive ketones (excluding diaryl/α,β-unsaturated/α-hetero) is 1. The van der Waals surface area contributed by atoms with E-state index in [2.05, 4.69) is 19.2 Å². The molecule has 2 heteroatoms. The second-order valence-corrected chi connectivity index (χ2v) is 4.64. The van der Waals surface area contributed by atoms with Gasteiger partial charge in [0, 0.05) is 18.0 Å². The SMILES string of the molecule is CNCC(C(=O)c1ccc(C)cc1)C(C)C. The van der Waals surface area contributed by atoms with Gasteiger partial charge in [0.15, 0.2) is 5.78 Å². The molecule has 0 aliphatic rings. The Kier molecular flexibility index (Phi) is 4.69. The quantitative estimate of drug-likeness (QED) is 0.771. The van der Waals surface area contributed by atoms with Crippen molar-refractivity contribution in [1.82, 2.24) is 5.32 Å². The van der Waals surface area contributed by atoms with Crippen molar-refractivity contribution in [2.45, 2.75) is 20.8 Å². The third-order valence-electron chi connectivity index (χ3n) is 2.90. The molecule has 0 amide bonds. The van der Waals surface area contributed by atoms with Crippen LogP contribution in [0.2, 0.25) is 0 Å². The first-order valence-electron chi connectivity index (χ1n) is 5.81. The van der Waals surface area contributed by atoms with Gasteiger partial charge in [-0.25, -0.2) is 0 Å². The maximum Gasteiger partial charge on any atom is 0.167 e. The van der Waals surface area contributed by atoms with Gasteiger partial charge in [0.2, 0.25) is 0 Å². The van der Waals surface area contributed by atoms with Gasteiger partial charge >= 0.3 is 0 Å². The highest BCUT2D eigenvalue weighted by atomic mass is 16.1. The largest absolute Gasteiger partial charge is 0.319 e. The molecule has 2 nitrogen and oxygen atoms in total. The molecular weight excluding hydrogens is 198 g/mol. The molecule has 1 aromatic carbocycles. The number of hydrogen-bond acceptors (Lipinski definition) is 2. The number of carbonyl (C=O) groups is 1. The van der Waals surface area contributed by atoms with Crippen molar-refractivity contribution in [3.8, 4) is 0 Å². The van der Waals surface area contributed by atoms with Gasteiger partial charge in [-0.1, -0.05) is 43.7 Å². The summed E-state index contributed by atoms with van der Waals surface area (Å²) < 4.78 is 0. The lowest BCUT2D eigenvalue weighted by molar-refractivity contribution is 0.0886. The van der Waals surface area contributed by atoms with Crippen LogP contribution in [-0.2, 0) is 0 Å². The Morgan fingerprint density at radius 3 is 2.25 bits per heavy atom. The van der Waals surface area contributed by atoms with E-state index in [4.69, 9.17) is 0 Å². The minimum atomic E-state index is 0.0627. The van der Waals surface area contributed by atoms with E-state index in [1.807, 2.05) is 38.2 Å². The Bertz CT molecular complexity index is 340. The lowest BCUT2D eigenvalue weighted by atomic mass is 9.87. The predicted molar refractivity (Wildman–Crippen MR) is 67.8 cm³/mol. The molecule has 1 unspecified atom stereocenters. The summed E-state index contributed by atoms with van der Waals surface area (Å²) in [5, 5.41) is 3.09. The zero-order valence-electron chi connectivity index (χ0n) is 10.6. The number of ketones is 1. The molecule has 16 heavy (non-hydrogen) atoms. The molecule has 0 fully saturated rings. The second-order valence-electron chi connectivity index (χ2n) is 4.64. The summed E-state index contributed by atoms with van der Waals surface area (Å²) in [6.07, 6.45) is 0. The van der Waals surface area contributed by atoms with E-state index >= 15 is 0 Å². The third kappa shape index (κ3) is 3.17. The molecule has 0 saturated carbocycles. The molecule has 0 heterocycles. The minimum Gasteiger partial charge on any atom is -0.319 e. The lowest BCUT2D eigenvalue weighted by Crippen LogP contribution is -2.30. The van der Waals surface area contributed by atoms with Crippen molar-refractivity contribution in [1.29, 1.82) is 0 Å². The summed E-state index contributed by atoms with van der Waals surface area (Å²) in [6, 6.07) is 7.82. The topological polar surface area (TPSA) is 29.1 Å². The zero-order valence-corrected chi connectivity index (χ0v) is 10.6. The molecule has 0 spiro atoms. The summed E-state index contributed by atoms with van der Waals surface area (Å²) >= 11 is 0. The molecule has 88 valence electrons. The van der Waals surface area contributed by atoms with E-state index in [1.165, 1.54) is 5.56 Å². The standard InChI is InChI=1S/C14H21NO/c1-10(2)13(9-15-4)14(16)12-7-5-11(3)6-8-12/h5-8,10,13,15H,9H2,1-4H3. The summed E-state index contributed by atoms with van der Waals surface area (Å²) in [7, 11) is 1.89. The smallest absolute Gasteiger partial charge is 0.167 e. The average molecular weight is 219 g/mol. The number of benzene rings is 1. The number of hydrogen-bond donors (Lipinski definition) is 1. The van der Waals surface area contributed by atoms with Crippen molar-refractivity contribution in [3.63, 3.8) is 0 Å². The van der Waals surface area contributed by atoms with E-state index in [-0.39, 0.29) is 11.7 Å². The first-order chi connectivity index (χ1) is 7.56. The first kappa shape index (κ1) is 12.9. The molecule has 0 saturated heterocycles. The highest BCUT2D eigenvalue weighted by Gasteiger charge is 2.22. The van der Waals surface area contributed by atoms with E-state index in [0.717, 1.165) is 12.1 Å². The van der Waals surface area contributed by atoms with E-state index in [0.29, 0.717) is 5.92 Å². The van der Waals surface area contributed by atoms with E-state index in [1.54, 1.807) is 0 Å². The molecule has 1 atom stereocenters. The van der Waals surface area contributed by atoms with Crippen LogP contribution >= 0.6 is 0 Å². The number of nitrogens with one attached hydrogen (secondary N) is 1. The van der Waals surface area contributed by atoms with Gasteiger partial charge in [-0.3, -0.25) is 4.79 Å². The van der Waals surface area contributed by atoms with Crippen LogP contribution in [0.5, 0.6) is 0 Å². The molecule has 1 aromatic rings. The van der Waals surface area contributed by atoms with Crippen LogP contribution in [0.1, 0.15) is 29.8 Å². The lowest BCUT2D eigenvalue weighted by Gasteiger charge is -2.19. The number of carbonyl (C=O) groups excluding carboxylic acids is 1. The molecular formula is C14H21NO. The highest BCUT2D eigenvalue weighted by Crippen LogP contribution is 2.17. The summed E-state index contributed by atoms with van der Waals surface area (Å²) in [6.45, 7) is 6.95. The summed E-state index contributed by atoms with van der Waals surface area (Å²) in [4.78, 5) is 12.2. The monoisotopic (exact) mass is 219 g/mol. The molecule has 0 aliphatic carbocycles. The Balaban J connectivity index is 2.86. The fourth-order valence-electron chi connectivity index (χ4n) is 1.78. The van der Waals surface area contributed by atoms with Crippen molar-refractivity contribution in [3.05, 3.63) is 35.4 Å². The van der Waals surface area contributed by atoms with Crippen molar-refractivity contribution < 1.29 is 4.79 Å². The Labute approximate surface area is 98.1 Å². The van der Waals surface area contributed by atoms with Crippen LogP contribution in [0, 0.1) is 18.8 Å². The van der Waals surface area contributed by atoms with Crippen LogP contribution in [0.15, 0.2) is 24.3 Å². The molecule has 1 rings (SSSR count). The highest BCUT2D eigenvalue weighted by molar-refractivity contribution is 5.98. The van der Waals surface area contributed by atoms with E-state index in [9.17, 15) is 4.79 Å². The molecule has 0 aromatic heterocycles. The summed E-state index contributed by atoms with van der Waals surface area (Å²) in [5.74, 6) is 0.665. The zero-order chi connectivity index (χ0) is 12.1. The Morgan fingerprint density at radius 1 is 1.25 bits per heavy atom. The maximum absolute atomic E-state index is 12.2. The molecule has 0 bridgehead atoms.